The van der Waals surface area contributed by atoms with E-state index in [0.717, 1.165) is 19.2 Å². The number of hydrogen-bond donors (Lipinski definition) is 2. The van der Waals surface area contributed by atoms with Gasteiger partial charge in [0.25, 0.3) is 0 Å². The molecule has 1 aromatic carbocycles. The molecule has 19 heavy (non-hydrogen) atoms. The molecule has 2 nitrogen and oxygen atoms in total. The van der Waals surface area contributed by atoms with E-state index in [4.69, 9.17) is 11.6 Å². The quantitative estimate of drug-likeness (QED) is 0.839. The number of nitrogens with one attached hydrogen (secondary N) is 1. The number of aliphatic hydroxyl groups excluding tert-OH is 1. The Bertz CT molecular complexity index is 526. The fourth-order valence-electron chi connectivity index (χ4n) is 1.82. The average Bonchev–Trinajstić information content (AvgIpc) is 2.76. The Kier molecular flexibility index (Phi) is 5.03. The van der Waals surface area contributed by atoms with Gasteiger partial charge in [0.15, 0.2) is 0 Å². The van der Waals surface area contributed by atoms with Gasteiger partial charge in [-0.05, 0) is 34.5 Å². The van der Waals surface area contributed by atoms with Gasteiger partial charge < -0.3 is 10.4 Å². The molecule has 1 aromatic heterocycles. The molecule has 0 saturated carbocycles. The molecule has 0 amide bonds. The van der Waals surface area contributed by atoms with Crippen LogP contribution in [0.15, 0.2) is 40.9 Å². The number of rotatable bonds is 5. The second-order valence-corrected chi connectivity index (χ2v) is 7.14. The lowest BCUT2D eigenvalue weighted by molar-refractivity contribution is 0.174. The van der Waals surface area contributed by atoms with Crippen LogP contribution in [0.4, 0.5) is 0 Å². The smallest absolute Gasteiger partial charge is 0.107 e. The Hall–Kier alpha value is -0.390. The van der Waals surface area contributed by atoms with Gasteiger partial charge in [-0.3, -0.25) is 0 Å². The van der Waals surface area contributed by atoms with Crippen LogP contribution in [-0.4, -0.2) is 11.7 Å². The van der Waals surface area contributed by atoms with E-state index in [1.807, 2.05) is 43.3 Å². The van der Waals surface area contributed by atoms with E-state index in [-0.39, 0.29) is 6.61 Å². The standard InChI is InChI=1S/C14H15BrClNOS/c1-14(9-18,10-5-3-2-4-6-10)17-8-11-7-12(15)13(16)19-11/h2-7,17-18H,8-9H2,1H3. The summed E-state index contributed by atoms with van der Waals surface area (Å²) in [5.74, 6) is 0. The van der Waals surface area contributed by atoms with Crippen LogP contribution in [0.3, 0.4) is 0 Å². The van der Waals surface area contributed by atoms with E-state index < -0.39 is 5.54 Å². The molecule has 2 N–H and O–H groups in total. The highest BCUT2D eigenvalue weighted by molar-refractivity contribution is 9.10. The zero-order valence-electron chi connectivity index (χ0n) is 10.5. The lowest BCUT2D eigenvalue weighted by atomic mass is 9.93. The number of hydrogen-bond acceptors (Lipinski definition) is 3. The van der Waals surface area contributed by atoms with Gasteiger partial charge in [0.2, 0.25) is 0 Å². The van der Waals surface area contributed by atoms with Crippen molar-refractivity contribution in [1.82, 2.24) is 5.32 Å². The van der Waals surface area contributed by atoms with E-state index >= 15 is 0 Å². The first-order chi connectivity index (χ1) is 9.05. The van der Waals surface area contributed by atoms with E-state index in [1.165, 1.54) is 11.3 Å². The van der Waals surface area contributed by atoms with Gasteiger partial charge in [-0.2, -0.15) is 0 Å². The fraction of sp³-hybridized carbons (Fsp3) is 0.286. The van der Waals surface area contributed by atoms with E-state index in [9.17, 15) is 5.11 Å². The molecule has 0 bridgehead atoms. The maximum absolute atomic E-state index is 9.68. The molecule has 0 aliphatic rings. The number of benzene rings is 1. The van der Waals surface area contributed by atoms with Crippen molar-refractivity contribution in [2.24, 2.45) is 0 Å². The second kappa shape index (κ2) is 6.37. The Morgan fingerprint density at radius 1 is 1.37 bits per heavy atom. The van der Waals surface area contributed by atoms with Crippen molar-refractivity contribution in [3.63, 3.8) is 0 Å². The summed E-state index contributed by atoms with van der Waals surface area (Å²) in [6, 6.07) is 12.0. The van der Waals surface area contributed by atoms with Gasteiger partial charge in [-0.1, -0.05) is 41.9 Å². The Balaban J connectivity index is 2.11. The molecule has 0 aliphatic carbocycles. The van der Waals surface area contributed by atoms with Gasteiger partial charge in [0.1, 0.15) is 4.34 Å². The molecule has 5 heteroatoms. The van der Waals surface area contributed by atoms with Crippen LogP contribution in [0.2, 0.25) is 4.34 Å². The highest BCUT2D eigenvalue weighted by atomic mass is 79.9. The zero-order valence-corrected chi connectivity index (χ0v) is 13.6. The minimum absolute atomic E-state index is 0.0390. The number of halogens is 2. The van der Waals surface area contributed by atoms with Gasteiger partial charge in [-0.15, -0.1) is 11.3 Å². The van der Waals surface area contributed by atoms with Crippen molar-refractivity contribution < 1.29 is 5.11 Å². The predicted octanol–water partition coefficient (Wildman–Crippen LogP) is 4.16. The van der Waals surface area contributed by atoms with Gasteiger partial charge in [0.05, 0.1) is 12.1 Å². The maximum Gasteiger partial charge on any atom is 0.107 e. The topological polar surface area (TPSA) is 32.3 Å². The maximum atomic E-state index is 9.68. The molecular formula is C14H15BrClNOS. The first kappa shape index (κ1) is 15.0. The van der Waals surface area contributed by atoms with Crippen LogP contribution in [0, 0.1) is 0 Å². The molecule has 0 aliphatic heterocycles. The Labute approximate surface area is 130 Å². The van der Waals surface area contributed by atoms with Gasteiger partial charge in [-0.25, -0.2) is 0 Å². The summed E-state index contributed by atoms with van der Waals surface area (Å²) in [7, 11) is 0. The van der Waals surface area contributed by atoms with Gasteiger partial charge in [0, 0.05) is 15.9 Å². The monoisotopic (exact) mass is 359 g/mol. The minimum Gasteiger partial charge on any atom is -0.394 e. The summed E-state index contributed by atoms with van der Waals surface area (Å²) in [6.45, 7) is 2.70. The van der Waals surface area contributed by atoms with Crippen molar-refractivity contribution in [3.8, 4) is 0 Å². The van der Waals surface area contributed by atoms with Crippen molar-refractivity contribution in [2.45, 2.75) is 19.0 Å². The predicted molar refractivity (Wildman–Crippen MR) is 84.7 cm³/mol. The third kappa shape index (κ3) is 3.58. The lowest BCUT2D eigenvalue weighted by Crippen LogP contribution is -2.42. The van der Waals surface area contributed by atoms with Crippen molar-refractivity contribution in [1.29, 1.82) is 0 Å². The highest BCUT2D eigenvalue weighted by Gasteiger charge is 2.25. The molecule has 0 saturated heterocycles. The summed E-state index contributed by atoms with van der Waals surface area (Å²) >= 11 is 11.0. The van der Waals surface area contributed by atoms with Crippen molar-refractivity contribution in [3.05, 3.63) is 55.6 Å². The molecule has 102 valence electrons. The highest BCUT2D eigenvalue weighted by Crippen LogP contribution is 2.32. The molecule has 0 radical (unpaired) electrons. The number of thiophene rings is 1. The van der Waals surface area contributed by atoms with Crippen LogP contribution >= 0.6 is 38.9 Å². The molecule has 0 spiro atoms. The third-order valence-corrected chi connectivity index (χ3v) is 5.55. The Morgan fingerprint density at radius 2 is 2.05 bits per heavy atom. The van der Waals surface area contributed by atoms with Gasteiger partial charge >= 0.3 is 0 Å². The summed E-state index contributed by atoms with van der Waals surface area (Å²) in [4.78, 5) is 1.13. The Morgan fingerprint density at radius 3 is 2.58 bits per heavy atom. The average molecular weight is 361 g/mol. The van der Waals surface area contributed by atoms with E-state index in [0.29, 0.717) is 6.54 Å². The molecular weight excluding hydrogens is 346 g/mol. The third-order valence-electron chi connectivity index (χ3n) is 3.08. The van der Waals surface area contributed by atoms with E-state index in [2.05, 4.69) is 21.2 Å². The second-order valence-electron chi connectivity index (χ2n) is 4.54. The SMILES string of the molecule is CC(CO)(NCc1cc(Br)c(Cl)s1)c1ccccc1. The van der Waals surface area contributed by atoms with E-state index in [1.54, 1.807) is 0 Å². The molecule has 1 heterocycles. The first-order valence-corrected chi connectivity index (χ1v) is 7.89. The summed E-state index contributed by atoms with van der Waals surface area (Å²) in [6.07, 6.45) is 0. The normalized spacial score (nSPS) is 14.3. The first-order valence-electron chi connectivity index (χ1n) is 5.90. The molecule has 1 unspecified atom stereocenters. The molecule has 2 aromatic rings. The van der Waals surface area contributed by atoms with Crippen LogP contribution in [-0.2, 0) is 12.1 Å². The minimum atomic E-state index is -0.454. The molecule has 1 atom stereocenters. The summed E-state index contributed by atoms with van der Waals surface area (Å²) in [5, 5.41) is 13.1. The van der Waals surface area contributed by atoms with Crippen LogP contribution in [0.1, 0.15) is 17.4 Å². The van der Waals surface area contributed by atoms with Crippen molar-refractivity contribution in [2.75, 3.05) is 6.61 Å². The van der Waals surface area contributed by atoms with Crippen molar-refractivity contribution >= 4 is 38.9 Å². The lowest BCUT2D eigenvalue weighted by Gasteiger charge is -2.29. The van der Waals surface area contributed by atoms with Crippen LogP contribution in [0.5, 0.6) is 0 Å². The molecule has 2 rings (SSSR count). The molecule has 0 fully saturated rings. The fourth-order valence-corrected chi connectivity index (χ4v) is 3.55. The number of aliphatic hydroxyl groups is 1. The summed E-state index contributed by atoms with van der Waals surface area (Å²) in [5.41, 5.74) is 0.615. The van der Waals surface area contributed by atoms with Crippen LogP contribution in [0.25, 0.3) is 0 Å². The zero-order chi connectivity index (χ0) is 13.9. The summed E-state index contributed by atoms with van der Waals surface area (Å²) < 4.78 is 1.67. The van der Waals surface area contributed by atoms with Crippen LogP contribution < -0.4 is 5.32 Å². The largest absolute Gasteiger partial charge is 0.394 e.